The van der Waals surface area contributed by atoms with E-state index < -0.39 is 10.0 Å². The molecule has 0 aliphatic rings. The molecule has 0 fully saturated rings. The lowest BCUT2D eigenvalue weighted by atomic mass is 10.1. The second-order valence-electron chi connectivity index (χ2n) is 5.84. The molecule has 0 saturated carbocycles. The first-order valence-electron chi connectivity index (χ1n) is 8.15. The monoisotopic (exact) mass is 385 g/mol. The fraction of sp³-hybridized carbons (Fsp3) is 0.158. The molecule has 0 bridgehead atoms. The molecule has 0 amide bonds. The van der Waals surface area contributed by atoms with Gasteiger partial charge >= 0.3 is 0 Å². The second-order valence-corrected chi connectivity index (χ2v) is 7.61. The van der Waals surface area contributed by atoms with Crippen LogP contribution in [0.3, 0.4) is 0 Å². The van der Waals surface area contributed by atoms with E-state index in [-0.39, 0.29) is 17.2 Å². The number of benzene rings is 1. The first-order valence-corrected chi connectivity index (χ1v) is 9.64. The van der Waals surface area contributed by atoms with E-state index in [1.165, 1.54) is 18.5 Å². The van der Waals surface area contributed by atoms with Gasteiger partial charge in [-0.05, 0) is 48.5 Å². The predicted molar refractivity (Wildman–Crippen MR) is 100 cm³/mol. The summed E-state index contributed by atoms with van der Waals surface area (Å²) in [7, 11) is -0.382. The van der Waals surface area contributed by atoms with Crippen molar-refractivity contribution in [1.29, 1.82) is 0 Å². The lowest BCUT2D eigenvalue weighted by molar-refractivity contribution is 0.103. The molecular formula is C19H19N3O4S. The number of carbonyl (C=O) groups is 1. The Kier molecular flexibility index (Phi) is 5.38. The van der Waals surface area contributed by atoms with Crippen molar-refractivity contribution < 1.29 is 17.9 Å². The Labute approximate surface area is 157 Å². The van der Waals surface area contributed by atoms with Crippen LogP contribution in [0.1, 0.15) is 21.7 Å². The zero-order valence-electron chi connectivity index (χ0n) is 14.9. The molecule has 8 heteroatoms. The average Bonchev–Trinajstić information content (AvgIpc) is 3.07. The zero-order valence-corrected chi connectivity index (χ0v) is 15.7. The Morgan fingerprint density at radius 2 is 1.89 bits per heavy atom. The molecular weight excluding hydrogens is 366 g/mol. The number of aromatic nitrogens is 2. The maximum Gasteiger partial charge on any atom is 0.242 e. The number of nitrogens with one attached hydrogen (secondary N) is 1. The maximum atomic E-state index is 12.7. The number of sulfonamides is 1. The number of hydrogen-bond donors (Lipinski definition) is 1. The van der Waals surface area contributed by atoms with Crippen molar-refractivity contribution in [2.45, 2.75) is 11.4 Å². The lowest BCUT2D eigenvalue weighted by Crippen LogP contribution is -2.24. The number of methoxy groups -OCH3 is 1. The quantitative estimate of drug-likeness (QED) is 0.629. The van der Waals surface area contributed by atoms with Crippen molar-refractivity contribution in [3.8, 4) is 5.75 Å². The average molecular weight is 385 g/mol. The largest absolute Gasteiger partial charge is 0.497 e. The number of rotatable bonds is 7. The maximum absolute atomic E-state index is 12.7. The van der Waals surface area contributed by atoms with E-state index in [2.05, 4.69) is 9.71 Å². The molecule has 0 atom stereocenters. The number of ketones is 1. The minimum atomic E-state index is -3.67. The fourth-order valence-corrected chi connectivity index (χ4v) is 3.57. The minimum absolute atomic E-state index is 0.0591. The van der Waals surface area contributed by atoms with E-state index in [4.69, 9.17) is 4.74 Å². The van der Waals surface area contributed by atoms with Crippen LogP contribution < -0.4 is 9.46 Å². The van der Waals surface area contributed by atoms with Crippen molar-refractivity contribution in [2.75, 3.05) is 7.11 Å². The van der Waals surface area contributed by atoms with E-state index in [0.717, 1.165) is 0 Å². The van der Waals surface area contributed by atoms with Crippen molar-refractivity contribution in [3.05, 3.63) is 77.9 Å². The molecule has 0 aliphatic carbocycles. The normalized spacial score (nSPS) is 11.3. The predicted octanol–water partition coefficient (Wildman–Crippen LogP) is 2.14. The number of pyridine rings is 1. The number of ether oxygens (including phenoxy) is 1. The van der Waals surface area contributed by atoms with Crippen LogP contribution in [0.25, 0.3) is 0 Å². The molecule has 0 spiro atoms. The Hall–Kier alpha value is -2.97. The van der Waals surface area contributed by atoms with E-state index >= 15 is 0 Å². The van der Waals surface area contributed by atoms with Gasteiger partial charge in [-0.1, -0.05) is 0 Å². The first kappa shape index (κ1) is 18.8. The van der Waals surface area contributed by atoms with Gasteiger partial charge in [0.2, 0.25) is 15.8 Å². The molecule has 0 aliphatic heterocycles. The summed E-state index contributed by atoms with van der Waals surface area (Å²) in [6.45, 7) is 0.0591. The molecule has 0 saturated heterocycles. The molecule has 3 aromatic rings. The summed E-state index contributed by atoms with van der Waals surface area (Å²) in [4.78, 5) is 16.6. The van der Waals surface area contributed by atoms with Crippen LogP contribution in [0.2, 0.25) is 0 Å². The summed E-state index contributed by atoms with van der Waals surface area (Å²) in [5, 5.41) is 0. The third-order valence-electron chi connectivity index (χ3n) is 4.20. The van der Waals surface area contributed by atoms with Gasteiger partial charge < -0.3 is 9.30 Å². The molecule has 2 aromatic heterocycles. The molecule has 0 unspecified atom stereocenters. The first-order chi connectivity index (χ1) is 12.9. The van der Waals surface area contributed by atoms with E-state index in [9.17, 15) is 13.2 Å². The molecule has 1 N–H and O–H groups in total. The highest BCUT2D eigenvalue weighted by Gasteiger charge is 2.18. The van der Waals surface area contributed by atoms with Crippen LogP contribution >= 0.6 is 0 Å². The third kappa shape index (κ3) is 4.07. The molecule has 27 heavy (non-hydrogen) atoms. The third-order valence-corrected chi connectivity index (χ3v) is 5.59. The van der Waals surface area contributed by atoms with Crippen LogP contribution in [-0.4, -0.2) is 30.9 Å². The smallest absolute Gasteiger partial charge is 0.242 e. The highest BCUT2D eigenvalue weighted by molar-refractivity contribution is 7.89. The molecule has 3 rings (SSSR count). The summed E-state index contributed by atoms with van der Waals surface area (Å²) in [5.41, 5.74) is 1.66. The van der Waals surface area contributed by atoms with E-state index in [1.54, 1.807) is 61.2 Å². The minimum Gasteiger partial charge on any atom is -0.497 e. The van der Waals surface area contributed by atoms with E-state index in [1.807, 2.05) is 0 Å². The highest BCUT2D eigenvalue weighted by atomic mass is 32.2. The van der Waals surface area contributed by atoms with Gasteiger partial charge in [-0.15, -0.1) is 0 Å². The highest BCUT2D eigenvalue weighted by Crippen LogP contribution is 2.17. The van der Waals surface area contributed by atoms with Crippen LogP contribution in [-0.2, 0) is 23.6 Å². The van der Waals surface area contributed by atoms with Crippen LogP contribution in [0, 0.1) is 0 Å². The molecule has 7 nitrogen and oxygen atoms in total. The van der Waals surface area contributed by atoms with Gasteiger partial charge in [0.1, 0.15) is 10.6 Å². The molecule has 2 heterocycles. The van der Waals surface area contributed by atoms with Crippen molar-refractivity contribution in [2.24, 2.45) is 7.05 Å². The number of carbonyl (C=O) groups excluding carboxylic acids is 1. The SMILES string of the molecule is COc1ccc(C(=O)c2ccc(CNS(=O)(=O)c3cccnc3)n2C)cc1. The van der Waals surface area contributed by atoms with Crippen LogP contribution in [0.4, 0.5) is 0 Å². The van der Waals surface area contributed by atoms with Crippen molar-refractivity contribution >= 4 is 15.8 Å². The summed E-state index contributed by atoms with van der Waals surface area (Å²) >= 11 is 0. The summed E-state index contributed by atoms with van der Waals surface area (Å²) < 4.78 is 33.9. The molecule has 140 valence electrons. The van der Waals surface area contributed by atoms with Gasteiger partial charge in [0, 0.05) is 30.7 Å². The number of nitrogens with zero attached hydrogens (tertiary/aromatic N) is 2. The number of hydrogen-bond acceptors (Lipinski definition) is 5. The van der Waals surface area contributed by atoms with Gasteiger partial charge in [-0.2, -0.15) is 0 Å². The van der Waals surface area contributed by atoms with Gasteiger partial charge in [0.05, 0.1) is 19.3 Å². The van der Waals surface area contributed by atoms with Gasteiger partial charge in [0.25, 0.3) is 0 Å². The standard InChI is InChI=1S/C19H19N3O4S/c1-22-15(12-21-27(24,25)17-4-3-11-20-13-17)7-10-18(22)19(23)14-5-8-16(26-2)9-6-14/h3-11,13,21H,12H2,1-2H3. The zero-order chi connectivity index (χ0) is 19.4. The summed E-state index contributed by atoms with van der Waals surface area (Å²) in [6.07, 6.45) is 2.79. The molecule has 0 radical (unpaired) electrons. The fourth-order valence-electron chi connectivity index (χ4n) is 2.61. The Balaban J connectivity index is 1.76. The van der Waals surface area contributed by atoms with Crippen molar-refractivity contribution in [3.63, 3.8) is 0 Å². The second kappa shape index (κ2) is 7.73. The summed E-state index contributed by atoms with van der Waals surface area (Å²) in [5.74, 6) is 0.519. The molecule has 1 aromatic carbocycles. The van der Waals surface area contributed by atoms with Crippen LogP contribution in [0.5, 0.6) is 5.75 Å². The Morgan fingerprint density at radius 3 is 2.52 bits per heavy atom. The summed E-state index contributed by atoms with van der Waals surface area (Å²) in [6, 6.07) is 13.3. The van der Waals surface area contributed by atoms with Gasteiger partial charge in [0.15, 0.2) is 0 Å². The topological polar surface area (TPSA) is 90.3 Å². The van der Waals surface area contributed by atoms with E-state index in [0.29, 0.717) is 22.7 Å². The van der Waals surface area contributed by atoms with Gasteiger partial charge in [-0.3, -0.25) is 9.78 Å². The lowest BCUT2D eigenvalue weighted by Gasteiger charge is -2.09. The van der Waals surface area contributed by atoms with Crippen molar-refractivity contribution in [1.82, 2.24) is 14.3 Å². The Bertz CT molecular complexity index is 1040. The van der Waals surface area contributed by atoms with Crippen LogP contribution in [0.15, 0.2) is 65.8 Å². The Morgan fingerprint density at radius 1 is 1.15 bits per heavy atom. The van der Waals surface area contributed by atoms with Gasteiger partial charge in [-0.25, -0.2) is 13.1 Å².